The van der Waals surface area contributed by atoms with Crippen LogP contribution < -0.4 is 4.90 Å². The van der Waals surface area contributed by atoms with Crippen LogP contribution in [0.15, 0.2) is 24.3 Å². The Morgan fingerprint density at radius 3 is 2.67 bits per heavy atom. The molecule has 2 rings (SSSR count). The number of carboxylic acid groups (broad SMARTS) is 1. The quantitative estimate of drug-likeness (QED) is 0.617. The van der Waals surface area contributed by atoms with E-state index in [-0.39, 0.29) is 18.2 Å². The predicted molar refractivity (Wildman–Crippen MR) is 65.7 cm³/mol. The molecule has 1 saturated carbocycles. The molecule has 0 radical (unpaired) electrons. The molecule has 1 aromatic rings. The Morgan fingerprint density at radius 1 is 1.44 bits per heavy atom. The number of aliphatic carboxylic acids is 1. The topological polar surface area (TPSA) is 83.7 Å². The van der Waals surface area contributed by atoms with E-state index in [9.17, 15) is 14.9 Å². The van der Waals surface area contributed by atoms with Gasteiger partial charge in [0.2, 0.25) is 0 Å². The van der Waals surface area contributed by atoms with Crippen molar-refractivity contribution in [1.82, 2.24) is 0 Å². The monoisotopic (exact) mass is 250 g/mol. The Labute approximate surface area is 104 Å². The van der Waals surface area contributed by atoms with Gasteiger partial charge in [-0.05, 0) is 18.9 Å². The average molecular weight is 250 g/mol. The van der Waals surface area contributed by atoms with Crippen LogP contribution in [0.5, 0.6) is 0 Å². The fourth-order valence-corrected chi connectivity index (χ4v) is 1.96. The summed E-state index contributed by atoms with van der Waals surface area (Å²) in [6.07, 6.45) is 1.92. The van der Waals surface area contributed by atoms with Gasteiger partial charge in [-0.3, -0.25) is 14.9 Å². The van der Waals surface area contributed by atoms with E-state index in [1.807, 2.05) is 4.90 Å². The van der Waals surface area contributed by atoms with Crippen LogP contribution in [0.1, 0.15) is 19.3 Å². The van der Waals surface area contributed by atoms with Crippen molar-refractivity contribution in [3.8, 4) is 0 Å². The second-order valence-electron chi connectivity index (χ2n) is 4.31. The van der Waals surface area contributed by atoms with Gasteiger partial charge in [0.1, 0.15) is 5.69 Å². The summed E-state index contributed by atoms with van der Waals surface area (Å²) < 4.78 is 0. The standard InChI is InChI=1S/C12H14N2O4/c15-12(16)7-8-13(9-5-6-9)10-3-1-2-4-11(10)14(17)18/h1-4,9H,5-8H2,(H,15,16). The molecular formula is C12H14N2O4. The minimum atomic E-state index is -0.890. The molecule has 1 N–H and O–H groups in total. The average Bonchev–Trinajstić information content (AvgIpc) is 3.14. The Hall–Kier alpha value is -2.11. The first-order valence-corrected chi connectivity index (χ1v) is 5.81. The number of carbonyl (C=O) groups is 1. The van der Waals surface area contributed by atoms with Gasteiger partial charge in [-0.25, -0.2) is 0 Å². The van der Waals surface area contributed by atoms with Crippen molar-refractivity contribution in [2.75, 3.05) is 11.4 Å². The number of rotatable bonds is 6. The van der Waals surface area contributed by atoms with Gasteiger partial charge < -0.3 is 10.0 Å². The highest BCUT2D eigenvalue weighted by atomic mass is 16.6. The van der Waals surface area contributed by atoms with Crippen molar-refractivity contribution < 1.29 is 14.8 Å². The highest BCUT2D eigenvalue weighted by Crippen LogP contribution is 2.36. The van der Waals surface area contributed by atoms with E-state index < -0.39 is 10.9 Å². The first-order chi connectivity index (χ1) is 8.59. The summed E-state index contributed by atoms with van der Waals surface area (Å²) in [6, 6.07) is 6.72. The molecule has 1 aliphatic carbocycles. The molecule has 96 valence electrons. The van der Waals surface area contributed by atoms with Gasteiger partial charge in [-0.15, -0.1) is 0 Å². The second-order valence-corrected chi connectivity index (χ2v) is 4.31. The van der Waals surface area contributed by atoms with Crippen molar-refractivity contribution in [1.29, 1.82) is 0 Å². The summed E-state index contributed by atoms with van der Waals surface area (Å²) in [5.41, 5.74) is 0.557. The Kier molecular flexibility index (Phi) is 3.45. The molecule has 18 heavy (non-hydrogen) atoms. The number of para-hydroxylation sites is 2. The fraction of sp³-hybridized carbons (Fsp3) is 0.417. The molecule has 6 nitrogen and oxygen atoms in total. The van der Waals surface area contributed by atoms with Gasteiger partial charge in [0.15, 0.2) is 0 Å². The van der Waals surface area contributed by atoms with Crippen molar-refractivity contribution in [3.63, 3.8) is 0 Å². The number of carboxylic acids is 1. The van der Waals surface area contributed by atoms with E-state index in [1.54, 1.807) is 18.2 Å². The molecule has 0 saturated heterocycles. The molecule has 1 fully saturated rings. The Morgan fingerprint density at radius 2 is 2.11 bits per heavy atom. The van der Waals surface area contributed by atoms with Crippen LogP contribution in [0, 0.1) is 10.1 Å². The third-order valence-electron chi connectivity index (χ3n) is 2.94. The summed E-state index contributed by atoms with van der Waals surface area (Å²) >= 11 is 0. The molecule has 0 unspecified atom stereocenters. The lowest BCUT2D eigenvalue weighted by molar-refractivity contribution is -0.384. The van der Waals surface area contributed by atoms with Gasteiger partial charge in [0.05, 0.1) is 11.3 Å². The summed E-state index contributed by atoms with van der Waals surface area (Å²) in [4.78, 5) is 23.0. The van der Waals surface area contributed by atoms with E-state index in [1.165, 1.54) is 6.07 Å². The molecule has 0 atom stereocenters. The normalized spacial score (nSPS) is 14.2. The van der Waals surface area contributed by atoms with Gasteiger partial charge >= 0.3 is 5.97 Å². The maximum atomic E-state index is 11.0. The molecule has 6 heteroatoms. The van der Waals surface area contributed by atoms with Crippen molar-refractivity contribution in [3.05, 3.63) is 34.4 Å². The zero-order chi connectivity index (χ0) is 13.1. The molecule has 1 aliphatic rings. The number of hydrogen-bond acceptors (Lipinski definition) is 4. The first kappa shape index (κ1) is 12.3. The predicted octanol–water partition coefficient (Wildman–Crippen LogP) is 2.04. The van der Waals surface area contributed by atoms with Crippen LogP contribution in [0.25, 0.3) is 0 Å². The van der Waals surface area contributed by atoms with Crippen molar-refractivity contribution in [2.45, 2.75) is 25.3 Å². The Bertz CT molecular complexity index is 471. The summed E-state index contributed by atoms with van der Waals surface area (Å²) in [5.74, 6) is -0.890. The number of hydrogen-bond donors (Lipinski definition) is 1. The summed E-state index contributed by atoms with van der Waals surface area (Å²) in [6.45, 7) is 0.310. The second kappa shape index (κ2) is 5.03. The molecule has 0 bridgehead atoms. The molecule has 0 amide bonds. The molecule has 0 aliphatic heterocycles. The van der Waals surface area contributed by atoms with Crippen molar-refractivity contribution >= 4 is 17.3 Å². The molecule has 0 aromatic heterocycles. The van der Waals surface area contributed by atoms with Crippen LogP contribution in [0.2, 0.25) is 0 Å². The van der Waals surface area contributed by atoms with Gasteiger partial charge in [0.25, 0.3) is 5.69 Å². The Balaban J connectivity index is 2.24. The number of benzene rings is 1. The SMILES string of the molecule is O=C(O)CCN(c1ccccc1[N+](=O)[O-])C1CC1. The number of nitro benzene ring substituents is 1. The molecule has 0 spiro atoms. The van der Waals surface area contributed by atoms with E-state index in [4.69, 9.17) is 5.11 Å². The van der Waals surface area contributed by atoms with Gasteiger partial charge in [0, 0.05) is 18.7 Å². The van der Waals surface area contributed by atoms with Crippen LogP contribution in [-0.2, 0) is 4.79 Å². The highest BCUT2D eigenvalue weighted by Gasteiger charge is 2.32. The maximum absolute atomic E-state index is 11.0. The smallest absolute Gasteiger partial charge is 0.305 e. The van der Waals surface area contributed by atoms with Crippen LogP contribution in [-0.4, -0.2) is 28.6 Å². The lowest BCUT2D eigenvalue weighted by atomic mass is 10.2. The van der Waals surface area contributed by atoms with E-state index >= 15 is 0 Å². The highest BCUT2D eigenvalue weighted by molar-refractivity contribution is 5.69. The molecule has 1 aromatic carbocycles. The molecule has 0 heterocycles. The third-order valence-corrected chi connectivity index (χ3v) is 2.94. The minimum absolute atomic E-state index is 0.0114. The van der Waals surface area contributed by atoms with Crippen LogP contribution >= 0.6 is 0 Å². The van der Waals surface area contributed by atoms with Gasteiger partial charge in [-0.2, -0.15) is 0 Å². The molecular weight excluding hydrogens is 236 g/mol. The number of nitro groups is 1. The first-order valence-electron chi connectivity index (χ1n) is 5.81. The van der Waals surface area contributed by atoms with Gasteiger partial charge in [-0.1, -0.05) is 12.1 Å². The number of anilines is 1. The lowest BCUT2D eigenvalue weighted by Crippen LogP contribution is -2.29. The lowest BCUT2D eigenvalue weighted by Gasteiger charge is -2.23. The number of nitrogens with zero attached hydrogens (tertiary/aromatic N) is 2. The fourth-order valence-electron chi connectivity index (χ4n) is 1.96. The third kappa shape index (κ3) is 2.77. The zero-order valence-electron chi connectivity index (χ0n) is 9.78. The van der Waals surface area contributed by atoms with Crippen LogP contribution in [0.4, 0.5) is 11.4 Å². The maximum Gasteiger partial charge on any atom is 0.305 e. The van der Waals surface area contributed by atoms with E-state index in [0.717, 1.165) is 12.8 Å². The largest absolute Gasteiger partial charge is 0.481 e. The minimum Gasteiger partial charge on any atom is -0.481 e. The summed E-state index contributed by atoms with van der Waals surface area (Å²) in [5, 5.41) is 19.7. The zero-order valence-corrected chi connectivity index (χ0v) is 9.78. The van der Waals surface area contributed by atoms with Crippen molar-refractivity contribution in [2.24, 2.45) is 0 Å². The summed E-state index contributed by atoms with van der Waals surface area (Å²) in [7, 11) is 0. The van der Waals surface area contributed by atoms with Crippen LogP contribution in [0.3, 0.4) is 0 Å². The van der Waals surface area contributed by atoms with E-state index in [0.29, 0.717) is 12.2 Å². The van der Waals surface area contributed by atoms with E-state index in [2.05, 4.69) is 0 Å².